The minimum atomic E-state index is -4.81. The molecule has 0 radical (unpaired) electrons. The van der Waals surface area contributed by atoms with E-state index in [1.54, 1.807) is 31.6 Å². The van der Waals surface area contributed by atoms with Crippen LogP contribution < -0.4 is 10.4 Å². The molecule has 0 aromatic carbocycles. The van der Waals surface area contributed by atoms with Gasteiger partial charge in [0.05, 0.1) is 17.9 Å². The zero-order valence-electron chi connectivity index (χ0n) is 13.3. The highest BCUT2D eigenvalue weighted by atomic mass is 32.3. The number of rotatable bonds is 5. The highest BCUT2D eigenvalue weighted by Gasteiger charge is 2.49. The third-order valence-electron chi connectivity index (χ3n) is 4.11. The molecule has 3 amide bonds. The van der Waals surface area contributed by atoms with E-state index in [4.69, 9.17) is 4.55 Å². The molecule has 2 bridgehead atoms. The highest BCUT2D eigenvalue weighted by Crippen LogP contribution is 2.30. The van der Waals surface area contributed by atoms with E-state index in [-0.39, 0.29) is 6.54 Å². The number of amides is 3. The first kappa shape index (κ1) is 17.4. The van der Waals surface area contributed by atoms with Gasteiger partial charge < -0.3 is 4.90 Å². The molecule has 0 saturated carbocycles. The van der Waals surface area contributed by atoms with E-state index in [1.807, 2.05) is 0 Å². The Labute approximate surface area is 144 Å². The maximum absolute atomic E-state index is 12.5. The minimum Gasteiger partial charge on any atom is -0.309 e. The van der Waals surface area contributed by atoms with Crippen LogP contribution in [0.1, 0.15) is 12.8 Å². The first-order valence-corrected chi connectivity index (χ1v) is 8.84. The molecule has 11 nitrogen and oxygen atoms in total. The van der Waals surface area contributed by atoms with E-state index in [0.29, 0.717) is 23.6 Å². The van der Waals surface area contributed by atoms with E-state index in [9.17, 15) is 18.0 Å². The Morgan fingerprint density at radius 3 is 2.88 bits per heavy atom. The van der Waals surface area contributed by atoms with E-state index in [1.165, 1.54) is 9.91 Å². The molecule has 2 atom stereocenters. The van der Waals surface area contributed by atoms with Gasteiger partial charge >= 0.3 is 16.4 Å². The number of piperidine rings is 1. The summed E-state index contributed by atoms with van der Waals surface area (Å²) in [5, 5.41) is 2.09. The van der Waals surface area contributed by atoms with Crippen LogP contribution in [-0.4, -0.2) is 65.5 Å². The first-order chi connectivity index (χ1) is 11.8. The normalized spacial score (nSPS) is 22.9. The number of aromatic nitrogens is 1. The number of hydrogen-bond acceptors (Lipinski definition) is 7. The van der Waals surface area contributed by atoms with Crippen molar-refractivity contribution in [2.75, 3.05) is 18.6 Å². The Kier molecular flexibility index (Phi) is 4.49. The molecule has 1 aromatic heterocycles. The zero-order valence-corrected chi connectivity index (χ0v) is 14.1. The summed E-state index contributed by atoms with van der Waals surface area (Å²) in [7, 11) is -3.17. The molecule has 2 saturated heterocycles. The van der Waals surface area contributed by atoms with E-state index >= 15 is 0 Å². The van der Waals surface area contributed by atoms with Gasteiger partial charge in [-0.3, -0.25) is 24.8 Å². The van der Waals surface area contributed by atoms with Gasteiger partial charge in [-0.05, 0) is 25.0 Å². The predicted molar refractivity (Wildman–Crippen MR) is 84.2 cm³/mol. The van der Waals surface area contributed by atoms with E-state index in [0.717, 1.165) is 0 Å². The molecule has 3 rings (SSSR count). The number of urea groups is 1. The Bertz CT molecular complexity index is 772. The van der Waals surface area contributed by atoms with Gasteiger partial charge in [0, 0.05) is 19.8 Å². The lowest BCUT2D eigenvalue weighted by atomic mass is 10.0. The van der Waals surface area contributed by atoms with Gasteiger partial charge in [-0.15, -0.1) is 4.28 Å². The van der Waals surface area contributed by atoms with Gasteiger partial charge in [-0.1, -0.05) is 0 Å². The SMILES string of the molecule is CN(NC(=O)[C@@H]1CCC2CN1C(=O)N2OS(=O)(=O)O)c1cccnc1. The molecule has 2 aliphatic rings. The maximum Gasteiger partial charge on any atom is 0.418 e. The monoisotopic (exact) mass is 371 g/mol. The van der Waals surface area contributed by atoms with Crippen LogP contribution >= 0.6 is 0 Å². The number of nitrogens with one attached hydrogen (secondary N) is 1. The van der Waals surface area contributed by atoms with Gasteiger partial charge in [-0.25, -0.2) is 4.79 Å². The summed E-state index contributed by atoms with van der Waals surface area (Å²) in [6.45, 7) is 0.142. The molecule has 2 N–H and O–H groups in total. The van der Waals surface area contributed by atoms with Crippen molar-refractivity contribution in [1.29, 1.82) is 0 Å². The molecule has 1 unspecified atom stereocenters. The average molecular weight is 371 g/mol. The quantitative estimate of drug-likeness (QED) is 0.525. The fourth-order valence-electron chi connectivity index (χ4n) is 2.96. The number of anilines is 1. The number of nitrogens with zero attached hydrogens (tertiary/aromatic N) is 4. The van der Waals surface area contributed by atoms with Crippen molar-refractivity contribution in [2.24, 2.45) is 0 Å². The Hall–Kier alpha value is -2.44. The van der Waals surface area contributed by atoms with Crippen LogP contribution in [-0.2, 0) is 19.5 Å². The van der Waals surface area contributed by atoms with Gasteiger partial charge in [0.2, 0.25) is 0 Å². The number of hydrazine groups is 1. The van der Waals surface area contributed by atoms with Crippen LogP contribution in [0.15, 0.2) is 24.5 Å². The number of pyridine rings is 1. The fourth-order valence-corrected chi connectivity index (χ4v) is 3.35. The molecule has 0 aliphatic carbocycles. The summed E-state index contributed by atoms with van der Waals surface area (Å²) in [4.78, 5) is 30.0. The average Bonchev–Trinajstić information content (AvgIpc) is 2.79. The predicted octanol–water partition coefficient (Wildman–Crippen LogP) is -0.448. The Morgan fingerprint density at radius 1 is 1.48 bits per heavy atom. The first-order valence-electron chi connectivity index (χ1n) is 7.47. The van der Waals surface area contributed by atoms with Crippen molar-refractivity contribution in [2.45, 2.75) is 24.9 Å². The molecule has 2 fully saturated rings. The lowest BCUT2D eigenvalue weighted by Gasteiger charge is -2.31. The van der Waals surface area contributed by atoms with Crippen LogP contribution in [0.5, 0.6) is 0 Å². The van der Waals surface area contributed by atoms with Crippen molar-refractivity contribution in [1.82, 2.24) is 20.4 Å². The Morgan fingerprint density at radius 2 is 2.24 bits per heavy atom. The Balaban J connectivity index is 1.68. The van der Waals surface area contributed by atoms with Crippen molar-refractivity contribution in [3.8, 4) is 0 Å². The van der Waals surface area contributed by atoms with Crippen LogP contribution in [0.4, 0.5) is 10.5 Å². The molecule has 1 aromatic rings. The van der Waals surface area contributed by atoms with Crippen LogP contribution in [0.25, 0.3) is 0 Å². The molecule has 2 aliphatic heterocycles. The van der Waals surface area contributed by atoms with Gasteiger partial charge in [-0.2, -0.15) is 13.5 Å². The topological polar surface area (TPSA) is 132 Å². The van der Waals surface area contributed by atoms with Crippen LogP contribution in [0, 0.1) is 0 Å². The summed E-state index contributed by atoms with van der Waals surface area (Å²) in [6.07, 6.45) is 3.88. The molecule has 12 heteroatoms. The molecule has 25 heavy (non-hydrogen) atoms. The third kappa shape index (κ3) is 3.65. The summed E-state index contributed by atoms with van der Waals surface area (Å²) in [5.41, 5.74) is 3.33. The summed E-state index contributed by atoms with van der Waals surface area (Å²) in [5.74, 6) is -0.410. The number of carbonyl (C=O) groups is 2. The molecular weight excluding hydrogens is 354 g/mol. The molecule has 0 spiro atoms. The summed E-state index contributed by atoms with van der Waals surface area (Å²) >= 11 is 0. The number of carbonyl (C=O) groups excluding carboxylic acids is 2. The van der Waals surface area contributed by atoms with Gasteiger partial charge in [0.25, 0.3) is 5.91 Å². The van der Waals surface area contributed by atoms with Gasteiger partial charge in [0.15, 0.2) is 0 Å². The van der Waals surface area contributed by atoms with Crippen molar-refractivity contribution in [3.63, 3.8) is 0 Å². The second-order valence-corrected chi connectivity index (χ2v) is 6.76. The van der Waals surface area contributed by atoms with E-state index < -0.39 is 34.4 Å². The second kappa shape index (κ2) is 6.46. The van der Waals surface area contributed by atoms with Crippen molar-refractivity contribution < 1.29 is 26.8 Å². The lowest BCUT2D eigenvalue weighted by molar-refractivity contribution is -0.126. The van der Waals surface area contributed by atoms with Crippen LogP contribution in [0.3, 0.4) is 0 Å². The summed E-state index contributed by atoms with van der Waals surface area (Å²) < 4.78 is 34.8. The third-order valence-corrected chi connectivity index (χ3v) is 4.46. The number of fused-ring (bicyclic) bond motifs is 2. The fraction of sp³-hybridized carbons (Fsp3) is 0.462. The largest absolute Gasteiger partial charge is 0.418 e. The number of hydroxylamine groups is 2. The molecule has 3 heterocycles. The minimum absolute atomic E-state index is 0.142. The van der Waals surface area contributed by atoms with Crippen molar-refractivity contribution in [3.05, 3.63) is 24.5 Å². The second-order valence-electron chi connectivity index (χ2n) is 5.76. The zero-order chi connectivity index (χ0) is 18.2. The maximum atomic E-state index is 12.5. The smallest absolute Gasteiger partial charge is 0.309 e. The van der Waals surface area contributed by atoms with E-state index in [2.05, 4.69) is 14.7 Å². The summed E-state index contributed by atoms with van der Waals surface area (Å²) in [6, 6.07) is 1.40. The number of hydrogen-bond donors (Lipinski definition) is 2. The van der Waals surface area contributed by atoms with Crippen molar-refractivity contribution >= 4 is 28.0 Å². The lowest BCUT2D eigenvalue weighted by Crippen LogP contribution is -2.53. The van der Waals surface area contributed by atoms with Crippen LogP contribution in [0.2, 0.25) is 0 Å². The highest BCUT2D eigenvalue weighted by molar-refractivity contribution is 7.80. The standard InChI is InChI=1S/C13H17N5O6S/c1-16(9-3-2-6-14-7-9)15-12(19)11-5-4-10-8-17(11)13(20)18(10)24-25(21,22)23/h2-3,6-7,10-11H,4-5,8H2,1H3,(H,15,19)(H,21,22,23)/t10?,11-/m0/s1. The van der Waals surface area contributed by atoms with Gasteiger partial charge in [0.1, 0.15) is 6.04 Å². The molecule has 136 valence electrons. The molecular formula is C13H17N5O6S.